The van der Waals surface area contributed by atoms with E-state index in [0.717, 1.165) is 22.6 Å². The normalized spacial score (nSPS) is 10.6. The summed E-state index contributed by atoms with van der Waals surface area (Å²) >= 11 is 1.16. The topological polar surface area (TPSA) is 122 Å². The van der Waals surface area contributed by atoms with Gasteiger partial charge in [-0.1, -0.05) is 0 Å². The van der Waals surface area contributed by atoms with Crippen LogP contribution in [0.5, 0.6) is 5.75 Å². The maximum atomic E-state index is 12.4. The Morgan fingerprint density at radius 2 is 1.97 bits per heavy atom. The van der Waals surface area contributed by atoms with Crippen molar-refractivity contribution in [1.29, 1.82) is 0 Å². The maximum Gasteiger partial charge on any atom is 0.291 e. The van der Waals surface area contributed by atoms with Crippen LogP contribution >= 0.6 is 11.3 Å². The Hall–Kier alpha value is -3.92. The third-order valence-corrected chi connectivity index (χ3v) is 5.11. The Balaban J connectivity index is 1.33. The van der Waals surface area contributed by atoms with Gasteiger partial charge in [-0.25, -0.2) is 4.98 Å². The molecule has 0 atom stereocenters. The van der Waals surface area contributed by atoms with Gasteiger partial charge in [-0.15, -0.1) is 11.3 Å². The molecule has 0 radical (unpaired) electrons. The standard InChI is InChI=1S/C20H17N5O4S/c1-28-13-6-4-12(5-7-13)18-22-16(24-25-18)11-21-20(27)15-8-9-17(30-15)23-19(26)14-3-2-10-29-14/h2-10H,11H2,1H3,(H,21,27)(H,23,26)(H,22,24,25). The smallest absolute Gasteiger partial charge is 0.291 e. The minimum absolute atomic E-state index is 0.188. The second-order valence-electron chi connectivity index (χ2n) is 6.11. The van der Waals surface area contributed by atoms with Gasteiger partial charge in [0.25, 0.3) is 11.8 Å². The Morgan fingerprint density at radius 1 is 1.13 bits per heavy atom. The van der Waals surface area contributed by atoms with Crippen molar-refractivity contribution >= 4 is 28.2 Å². The quantitative estimate of drug-likeness (QED) is 0.419. The van der Waals surface area contributed by atoms with Gasteiger partial charge in [-0.3, -0.25) is 14.7 Å². The molecule has 0 aliphatic heterocycles. The Morgan fingerprint density at radius 3 is 2.70 bits per heavy atom. The Bertz CT molecular complexity index is 1150. The summed E-state index contributed by atoms with van der Waals surface area (Å²) in [5, 5.41) is 13.0. The zero-order valence-electron chi connectivity index (χ0n) is 15.8. The van der Waals surface area contributed by atoms with Gasteiger partial charge >= 0.3 is 0 Å². The number of benzene rings is 1. The lowest BCUT2D eigenvalue weighted by Gasteiger charge is -2.01. The number of thiophene rings is 1. The number of amides is 2. The third kappa shape index (κ3) is 4.39. The molecule has 0 unspecified atom stereocenters. The molecule has 0 bridgehead atoms. The fraction of sp³-hybridized carbons (Fsp3) is 0.100. The first-order chi connectivity index (χ1) is 14.6. The first-order valence-electron chi connectivity index (χ1n) is 8.91. The van der Waals surface area contributed by atoms with Crippen LogP contribution in [0.4, 0.5) is 5.00 Å². The van der Waals surface area contributed by atoms with Crippen molar-refractivity contribution in [2.75, 3.05) is 12.4 Å². The van der Waals surface area contributed by atoms with Crippen molar-refractivity contribution in [3.63, 3.8) is 0 Å². The van der Waals surface area contributed by atoms with E-state index in [-0.39, 0.29) is 24.1 Å². The van der Waals surface area contributed by atoms with Crippen molar-refractivity contribution in [1.82, 2.24) is 20.5 Å². The molecule has 3 heterocycles. The number of aromatic amines is 1. The van der Waals surface area contributed by atoms with Gasteiger partial charge in [-0.05, 0) is 48.5 Å². The van der Waals surface area contributed by atoms with Crippen LogP contribution in [0.3, 0.4) is 0 Å². The molecule has 30 heavy (non-hydrogen) atoms. The van der Waals surface area contributed by atoms with Gasteiger partial charge < -0.3 is 19.8 Å². The highest BCUT2D eigenvalue weighted by molar-refractivity contribution is 7.18. The third-order valence-electron chi connectivity index (χ3n) is 4.11. The second kappa shape index (κ2) is 8.62. The molecular weight excluding hydrogens is 406 g/mol. The minimum atomic E-state index is -0.374. The van der Waals surface area contributed by atoms with Crippen LogP contribution in [0.2, 0.25) is 0 Å². The van der Waals surface area contributed by atoms with E-state index in [1.165, 1.54) is 6.26 Å². The number of furan rings is 1. The number of methoxy groups -OCH3 is 1. The van der Waals surface area contributed by atoms with Crippen LogP contribution in [-0.2, 0) is 6.54 Å². The number of hydrogen-bond donors (Lipinski definition) is 3. The predicted molar refractivity (Wildman–Crippen MR) is 111 cm³/mol. The number of carbonyl (C=O) groups is 2. The zero-order chi connectivity index (χ0) is 20.9. The molecule has 1 aromatic carbocycles. The summed E-state index contributed by atoms with van der Waals surface area (Å²) < 4.78 is 10.2. The summed E-state index contributed by atoms with van der Waals surface area (Å²) in [6, 6.07) is 13.9. The number of aromatic nitrogens is 3. The molecule has 0 fully saturated rings. The minimum Gasteiger partial charge on any atom is -0.497 e. The second-order valence-corrected chi connectivity index (χ2v) is 7.20. The predicted octanol–water partition coefficient (Wildman–Crippen LogP) is 3.32. The molecule has 0 saturated carbocycles. The number of rotatable bonds is 7. The first-order valence-corrected chi connectivity index (χ1v) is 9.72. The lowest BCUT2D eigenvalue weighted by molar-refractivity contribution is 0.0952. The molecule has 152 valence electrons. The summed E-state index contributed by atoms with van der Waals surface area (Å²) in [5.41, 5.74) is 0.833. The highest BCUT2D eigenvalue weighted by Gasteiger charge is 2.14. The van der Waals surface area contributed by atoms with E-state index in [9.17, 15) is 9.59 Å². The number of carbonyl (C=O) groups excluding carboxylic acids is 2. The molecule has 0 saturated heterocycles. The van der Waals surface area contributed by atoms with E-state index in [2.05, 4.69) is 25.8 Å². The molecule has 0 spiro atoms. The van der Waals surface area contributed by atoms with Gasteiger partial charge in [0.1, 0.15) is 11.6 Å². The van der Waals surface area contributed by atoms with Crippen LogP contribution < -0.4 is 15.4 Å². The number of ether oxygens (including phenoxy) is 1. The number of nitrogens with zero attached hydrogens (tertiary/aromatic N) is 2. The first kappa shape index (κ1) is 19.4. The van der Waals surface area contributed by atoms with Crippen molar-refractivity contribution in [3.05, 3.63) is 71.3 Å². The fourth-order valence-electron chi connectivity index (χ4n) is 2.60. The monoisotopic (exact) mass is 423 g/mol. The fourth-order valence-corrected chi connectivity index (χ4v) is 3.42. The largest absolute Gasteiger partial charge is 0.497 e. The van der Waals surface area contributed by atoms with Crippen molar-refractivity contribution < 1.29 is 18.7 Å². The van der Waals surface area contributed by atoms with Crippen LogP contribution in [0, 0.1) is 0 Å². The zero-order valence-corrected chi connectivity index (χ0v) is 16.7. The summed E-state index contributed by atoms with van der Waals surface area (Å²) in [6.07, 6.45) is 1.42. The van der Waals surface area contributed by atoms with Gasteiger partial charge in [0.15, 0.2) is 11.6 Å². The molecule has 4 aromatic rings. The molecule has 2 amide bonds. The van der Waals surface area contributed by atoms with E-state index in [1.54, 1.807) is 31.4 Å². The van der Waals surface area contributed by atoms with E-state index in [0.29, 0.717) is 21.5 Å². The van der Waals surface area contributed by atoms with Gasteiger partial charge in [0.2, 0.25) is 0 Å². The van der Waals surface area contributed by atoms with Gasteiger partial charge in [0.05, 0.1) is 29.8 Å². The van der Waals surface area contributed by atoms with Crippen LogP contribution in [0.25, 0.3) is 11.4 Å². The summed E-state index contributed by atoms with van der Waals surface area (Å²) in [7, 11) is 1.60. The molecule has 3 N–H and O–H groups in total. The lowest BCUT2D eigenvalue weighted by Crippen LogP contribution is -2.22. The summed E-state index contributed by atoms with van der Waals surface area (Å²) in [5.74, 6) is 1.35. The number of hydrogen-bond acceptors (Lipinski definition) is 7. The van der Waals surface area contributed by atoms with E-state index in [1.807, 2.05) is 24.3 Å². The van der Waals surface area contributed by atoms with Crippen molar-refractivity contribution in [2.24, 2.45) is 0 Å². The maximum absolute atomic E-state index is 12.4. The Labute approximate surface area is 175 Å². The molecule has 9 nitrogen and oxygen atoms in total. The molecule has 3 aromatic heterocycles. The van der Waals surface area contributed by atoms with Gasteiger partial charge in [-0.2, -0.15) is 5.10 Å². The average molecular weight is 423 g/mol. The number of H-pyrrole nitrogens is 1. The summed E-state index contributed by atoms with van der Waals surface area (Å²) in [4.78, 5) is 29.2. The van der Waals surface area contributed by atoms with E-state index < -0.39 is 0 Å². The number of nitrogens with one attached hydrogen (secondary N) is 3. The molecule has 0 aliphatic carbocycles. The van der Waals surface area contributed by atoms with E-state index in [4.69, 9.17) is 9.15 Å². The highest BCUT2D eigenvalue weighted by atomic mass is 32.1. The van der Waals surface area contributed by atoms with Crippen LogP contribution in [0.1, 0.15) is 26.1 Å². The summed E-state index contributed by atoms with van der Waals surface area (Å²) in [6.45, 7) is 0.188. The molecule has 0 aliphatic rings. The van der Waals surface area contributed by atoms with E-state index >= 15 is 0 Å². The Kier molecular flexibility index (Phi) is 5.57. The average Bonchev–Trinajstić information content (AvgIpc) is 3.54. The van der Waals surface area contributed by atoms with Crippen LogP contribution in [0.15, 0.2) is 59.2 Å². The molecule has 4 rings (SSSR count). The van der Waals surface area contributed by atoms with Gasteiger partial charge in [0, 0.05) is 5.56 Å². The SMILES string of the molecule is COc1ccc(-c2n[nH]c(CNC(=O)c3ccc(NC(=O)c4ccco4)s3)n2)cc1. The highest BCUT2D eigenvalue weighted by Crippen LogP contribution is 2.23. The van der Waals surface area contributed by atoms with Crippen LogP contribution in [-0.4, -0.2) is 34.1 Å². The molecule has 10 heteroatoms. The number of anilines is 1. The van der Waals surface area contributed by atoms with Crippen molar-refractivity contribution in [3.8, 4) is 17.1 Å². The van der Waals surface area contributed by atoms with Crippen molar-refractivity contribution in [2.45, 2.75) is 6.54 Å². The lowest BCUT2D eigenvalue weighted by atomic mass is 10.2. The molecular formula is C20H17N5O4S.